The van der Waals surface area contributed by atoms with Crippen molar-refractivity contribution in [3.8, 4) is 0 Å². The van der Waals surface area contributed by atoms with E-state index in [4.69, 9.17) is 23.2 Å². The number of halogens is 3. The summed E-state index contributed by atoms with van der Waals surface area (Å²) in [5.41, 5.74) is 0.764. The molecule has 2 fully saturated rings. The van der Waals surface area contributed by atoms with Crippen LogP contribution in [0, 0.1) is 5.82 Å². The van der Waals surface area contributed by atoms with Crippen molar-refractivity contribution in [1.29, 1.82) is 0 Å². The van der Waals surface area contributed by atoms with Crippen molar-refractivity contribution < 1.29 is 4.39 Å². The molecule has 1 atom stereocenters. The zero-order chi connectivity index (χ0) is 12.7. The lowest BCUT2D eigenvalue weighted by Gasteiger charge is -2.21. The van der Waals surface area contributed by atoms with Gasteiger partial charge in [0.15, 0.2) is 0 Å². The third-order valence-corrected chi connectivity index (χ3v) is 4.11. The largest absolute Gasteiger partial charge is 0.367 e. The fraction of sp³-hybridized carbons (Fsp3) is 0.538. The lowest BCUT2D eigenvalue weighted by atomic mass is 10.2. The zero-order valence-electron chi connectivity index (χ0n) is 9.93. The van der Waals surface area contributed by atoms with Gasteiger partial charge in [-0.2, -0.15) is 0 Å². The number of hydrogen-bond donors (Lipinski definition) is 1. The molecule has 0 radical (unpaired) electrons. The zero-order valence-corrected chi connectivity index (χ0v) is 11.4. The molecule has 0 spiro atoms. The highest BCUT2D eigenvalue weighted by Gasteiger charge is 2.30. The first-order valence-corrected chi connectivity index (χ1v) is 7.04. The predicted molar refractivity (Wildman–Crippen MR) is 73.2 cm³/mol. The second-order valence-corrected chi connectivity index (χ2v) is 5.90. The number of hydrogen-bond acceptors (Lipinski definition) is 2. The number of rotatable bonds is 3. The lowest BCUT2D eigenvalue weighted by Crippen LogP contribution is -2.34. The molecule has 18 heavy (non-hydrogen) atoms. The maximum atomic E-state index is 13.2. The summed E-state index contributed by atoms with van der Waals surface area (Å²) < 4.78 is 13.2. The molecule has 3 rings (SSSR count). The van der Waals surface area contributed by atoms with Crippen molar-refractivity contribution in [1.82, 2.24) is 5.32 Å². The standard InChI is InChI=1S/C13H15Cl2FN2/c14-11-5-8(16)6-12(15)13(11)18-4-3-10(7-18)17-9-1-2-9/h5-6,9-10,17H,1-4,7H2. The molecule has 1 aromatic carbocycles. The maximum absolute atomic E-state index is 13.2. The van der Waals surface area contributed by atoms with Gasteiger partial charge in [0.2, 0.25) is 0 Å². The Morgan fingerprint density at radius 2 is 1.78 bits per heavy atom. The Bertz CT molecular complexity index is 439. The van der Waals surface area contributed by atoms with Crippen LogP contribution in [0.1, 0.15) is 19.3 Å². The molecule has 1 saturated carbocycles. The van der Waals surface area contributed by atoms with E-state index in [-0.39, 0.29) is 5.82 Å². The molecular formula is C13H15Cl2FN2. The van der Waals surface area contributed by atoms with Gasteiger partial charge < -0.3 is 10.2 Å². The minimum Gasteiger partial charge on any atom is -0.367 e. The topological polar surface area (TPSA) is 15.3 Å². The van der Waals surface area contributed by atoms with Crippen LogP contribution in [0.3, 0.4) is 0 Å². The Kier molecular flexibility index (Phi) is 3.39. The molecular weight excluding hydrogens is 274 g/mol. The fourth-order valence-corrected chi connectivity index (χ4v) is 3.22. The highest BCUT2D eigenvalue weighted by atomic mass is 35.5. The van der Waals surface area contributed by atoms with Gasteiger partial charge in [0.25, 0.3) is 0 Å². The minimum absolute atomic E-state index is 0.388. The Morgan fingerprint density at radius 3 is 2.39 bits per heavy atom. The Hall–Kier alpha value is -0.510. The van der Waals surface area contributed by atoms with E-state index in [0.717, 1.165) is 25.2 Å². The third kappa shape index (κ3) is 2.58. The quantitative estimate of drug-likeness (QED) is 0.916. The number of nitrogens with one attached hydrogen (secondary N) is 1. The maximum Gasteiger partial charge on any atom is 0.126 e. The average Bonchev–Trinajstić information content (AvgIpc) is 2.96. The van der Waals surface area contributed by atoms with Crippen LogP contribution in [-0.4, -0.2) is 25.2 Å². The summed E-state index contributed by atoms with van der Waals surface area (Å²) in [5.74, 6) is -0.388. The summed E-state index contributed by atoms with van der Waals surface area (Å²) in [6.07, 6.45) is 3.66. The molecule has 0 amide bonds. The monoisotopic (exact) mass is 288 g/mol. The SMILES string of the molecule is Fc1cc(Cl)c(N2CCC(NC3CC3)C2)c(Cl)c1. The van der Waals surface area contributed by atoms with Gasteiger partial charge in [-0.25, -0.2) is 4.39 Å². The molecule has 1 saturated heterocycles. The number of anilines is 1. The molecule has 5 heteroatoms. The second-order valence-electron chi connectivity index (χ2n) is 5.09. The van der Waals surface area contributed by atoms with Gasteiger partial charge in [-0.1, -0.05) is 23.2 Å². The van der Waals surface area contributed by atoms with Gasteiger partial charge in [0, 0.05) is 25.2 Å². The van der Waals surface area contributed by atoms with E-state index < -0.39 is 0 Å². The van der Waals surface area contributed by atoms with Crippen LogP contribution in [0.4, 0.5) is 10.1 Å². The fourth-order valence-electron chi connectivity index (χ4n) is 2.52. The third-order valence-electron chi connectivity index (χ3n) is 3.53. The number of nitrogens with zero attached hydrogens (tertiary/aromatic N) is 1. The van der Waals surface area contributed by atoms with Crippen molar-refractivity contribution in [3.63, 3.8) is 0 Å². The van der Waals surface area contributed by atoms with Crippen LogP contribution in [0.2, 0.25) is 10.0 Å². The first-order chi connectivity index (χ1) is 8.63. The highest BCUT2D eigenvalue weighted by Crippen LogP contribution is 2.36. The van der Waals surface area contributed by atoms with E-state index in [1.807, 2.05) is 0 Å². The van der Waals surface area contributed by atoms with Crippen molar-refractivity contribution in [3.05, 3.63) is 28.0 Å². The Labute approximate surface area is 116 Å². The average molecular weight is 289 g/mol. The van der Waals surface area contributed by atoms with E-state index in [2.05, 4.69) is 10.2 Å². The van der Waals surface area contributed by atoms with Crippen LogP contribution in [0.25, 0.3) is 0 Å². The van der Waals surface area contributed by atoms with Crippen molar-refractivity contribution >= 4 is 28.9 Å². The lowest BCUT2D eigenvalue weighted by molar-refractivity contribution is 0.548. The molecule has 1 heterocycles. The number of benzene rings is 1. The van der Waals surface area contributed by atoms with Gasteiger partial charge in [0.05, 0.1) is 15.7 Å². The van der Waals surface area contributed by atoms with Crippen LogP contribution >= 0.6 is 23.2 Å². The molecule has 0 bridgehead atoms. The summed E-state index contributed by atoms with van der Waals surface area (Å²) in [6.45, 7) is 1.80. The van der Waals surface area contributed by atoms with E-state index >= 15 is 0 Å². The van der Waals surface area contributed by atoms with E-state index in [1.54, 1.807) is 0 Å². The molecule has 1 unspecified atom stereocenters. The smallest absolute Gasteiger partial charge is 0.126 e. The van der Waals surface area contributed by atoms with Gasteiger partial charge in [-0.15, -0.1) is 0 Å². The van der Waals surface area contributed by atoms with E-state index in [0.29, 0.717) is 22.1 Å². The van der Waals surface area contributed by atoms with Crippen LogP contribution in [-0.2, 0) is 0 Å². The van der Waals surface area contributed by atoms with Gasteiger partial charge in [-0.05, 0) is 31.4 Å². The van der Waals surface area contributed by atoms with Gasteiger partial charge >= 0.3 is 0 Å². The Balaban J connectivity index is 1.75. The van der Waals surface area contributed by atoms with E-state index in [1.165, 1.54) is 25.0 Å². The molecule has 1 N–H and O–H groups in total. The second kappa shape index (κ2) is 4.87. The minimum atomic E-state index is -0.388. The van der Waals surface area contributed by atoms with Gasteiger partial charge in [-0.3, -0.25) is 0 Å². The summed E-state index contributed by atoms with van der Waals surface area (Å²) >= 11 is 12.2. The normalized spacial score (nSPS) is 23.7. The van der Waals surface area contributed by atoms with Crippen LogP contribution < -0.4 is 10.2 Å². The van der Waals surface area contributed by atoms with Gasteiger partial charge in [0.1, 0.15) is 5.82 Å². The summed E-state index contributed by atoms with van der Waals surface area (Å²) in [5, 5.41) is 4.39. The summed E-state index contributed by atoms with van der Waals surface area (Å²) in [6, 6.07) is 3.85. The molecule has 1 aliphatic carbocycles. The Morgan fingerprint density at radius 1 is 1.11 bits per heavy atom. The molecule has 1 aromatic rings. The summed E-state index contributed by atoms with van der Waals surface area (Å²) in [4.78, 5) is 2.14. The van der Waals surface area contributed by atoms with Crippen LogP contribution in [0.15, 0.2) is 12.1 Å². The predicted octanol–water partition coefficient (Wildman–Crippen LogP) is 3.46. The molecule has 1 aliphatic heterocycles. The summed E-state index contributed by atoms with van der Waals surface area (Å²) in [7, 11) is 0. The highest BCUT2D eigenvalue weighted by molar-refractivity contribution is 6.39. The van der Waals surface area contributed by atoms with Crippen molar-refractivity contribution in [2.24, 2.45) is 0 Å². The molecule has 2 aliphatic rings. The van der Waals surface area contributed by atoms with Crippen molar-refractivity contribution in [2.75, 3.05) is 18.0 Å². The first kappa shape index (κ1) is 12.5. The van der Waals surface area contributed by atoms with Crippen LogP contribution in [0.5, 0.6) is 0 Å². The van der Waals surface area contributed by atoms with Crippen molar-refractivity contribution in [2.45, 2.75) is 31.3 Å². The first-order valence-electron chi connectivity index (χ1n) is 6.29. The molecule has 0 aromatic heterocycles. The molecule has 2 nitrogen and oxygen atoms in total. The van der Waals surface area contributed by atoms with E-state index in [9.17, 15) is 4.39 Å². The molecule has 98 valence electrons.